The molecule has 0 radical (unpaired) electrons. The Labute approximate surface area is 112 Å². The predicted molar refractivity (Wildman–Crippen MR) is 74.8 cm³/mol. The van der Waals surface area contributed by atoms with Crippen molar-refractivity contribution in [3.63, 3.8) is 0 Å². The van der Waals surface area contributed by atoms with Crippen molar-refractivity contribution in [2.45, 2.75) is 39.2 Å². The van der Waals surface area contributed by atoms with Crippen molar-refractivity contribution >= 4 is 15.9 Å². The van der Waals surface area contributed by atoms with Crippen LogP contribution in [0.25, 0.3) is 0 Å². The van der Waals surface area contributed by atoms with Gasteiger partial charge < -0.3 is 10.1 Å². The maximum Gasteiger partial charge on any atom is 0.127 e. The first kappa shape index (κ1) is 12.9. The van der Waals surface area contributed by atoms with E-state index in [1.165, 1.54) is 34.0 Å². The summed E-state index contributed by atoms with van der Waals surface area (Å²) in [6, 6.07) is 2.13. The fourth-order valence-corrected chi connectivity index (χ4v) is 3.43. The topological polar surface area (TPSA) is 21.3 Å². The predicted octanol–water partition coefficient (Wildman–Crippen LogP) is 3.67. The molecule has 1 fully saturated rings. The molecule has 0 aromatic heterocycles. The molecule has 2 rings (SSSR count). The van der Waals surface area contributed by atoms with Gasteiger partial charge in [-0.1, -0.05) is 15.9 Å². The van der Waals surface area contributed by atoms with Crippen LogP contribution in [-0.4, -0.2) is 13.7 Å². The Morgan fingerprint density at radius 2 is 2.12 bits per heavy atom. The largest absolute Gasteiger partial charge is 0.496 e. The Morgan fingerprint density at radius 1 is 1.41 bits per heavy atom. The van der Waals surface area contributed by atoms with Crippen LogP contribution in [0.2, 0.25) is 0 Å². The molecule has 1 aliphatic rings. The number of hydrogen-bond acceptors (Lipinski definition) is 2. The highest BCUT2D eigenvalue weighted by molar-refractivity contribution is 9.10. The maximum atomic E-state index is 5.63. The molecule has 1 N–H and O–H groups in total. The summed E-state index contributed by atoms with van der Waals surface area (Å²) in [5.41, 5.74) is 3.83. The number of methoxy groups -OCH3 is 1. The highest BCUT2D eigenvalue weighted by Crippen LogP contribution is 2.42. The lowest BCUT2D eigenvalue weighted by Gasteiger charge is -2.30. The van der Waals surface area contributed by atoms with Crippen molar-refractivity contribution in [1.29, 1.82) is 0 Å². The molecule has 94 valence electrons. The van der Waals surface area contributed by atoms with E-state index in [0.29, 0.717) is 0 Å². The number of hydrogen-bond donors (Lipinski definition) is 1. The lowest BCUT2D eigenvalue weighted by Crippen LogP contribution is -2.34. The van der Waals surface area contributed by atoms with Gasteiger partial charge in [-0.15, -0.1) is 0 Å². The highest BCUT2D eigenvalue weighted by atomic mass is 79.9. The summed E-state index contributed by atoms with van der Waals surface area (Å²) >= 11 is 3.65. The molecule has 1 aromatic carbocycles. The SMILES string of the molecule is COc1c(C)cc(Br)c(C)c1C1(C)CCCN1. The van der Waals surface area contributed by atoms with Gasteiger partial charge in [0, 0.05) is 15.6 Å². The fourth-order valence-electron chi connectivity index (χ4n) is 2.89. The van der Waals surface area contributed by atoms with Gasteiger partial charge in [-0.3, -0.25) is 0 Å². The highest BCUT2D eigenvalue weighted by Gasteiger charge is 2.35. The molecular weight excluding hydrogens is 278 g/mol. The first-order valence-electron chi connectivity index (χ1n) is 6.09. The molecule has 0 spiro atoms. The van der Waals surface area contributed by atoms with Gasteiger partial charge in [0.15, 0.2) is 0 Å². The standard InChI is InChI=1S/C14H20BrNO/c1-9-8-11(15)10(2)12(13(9)17-4)14(3)6-5-7-16-14/h8,16H,5-7H2,1-4H3. The van der Waals surface area contributed by atoms with E-state index in [9.17, 15) is 0 Å². The third-order valence-corrected chi connectivity index (χ3v) is 4.61. The zero-order valence-electron chi connectivity index (χ0n) is 11.0. The molecule has 0 amide bonds. The Balaban J connectivity index is 2.65. The van der Waals surface area contributed by atoms with Gasteiger partial charge in [0.25, 0.3) is 0 Å². The number of nitrogens with one attached hydrogen (secondary N) is 1. The summed E-state index contributed by atoms with van der Waals surface area (Å²) in [7, 11) is 1.76. The van der Waals surface area contributed by atoms with E-state index < -0.39 is 0 Å². The van der Waals surface area contributed by atoms with E-state index in [2.05, 4.69) is 48.1 Å². The van der Waals surface area contributed by atoms with Crippen molar-refractivity contribution in [3.8, 4) is 5.75 Å². The minimum atomic E-state index is 0.0456. The van der Waals surface area contributed by atoms with Gasteiger partial charge >= 0.3 is 0 Å². The minimum Gasteiger partial charge on any atom is -0.496 e. The van der Waals surface area contributed by atoms with Crippen molar-refractivity contribution in [1.82, 2.24) is 5.32 Å². The molecule has 0 saturated carbocycles. The van der Waals surface area contributed by atoms with Crippen LogP contribution in [0.4, 0.5) is 0 Å². The summed E-state index contributed by atoms with van der Waals surface area (Å²) in [6.07, 6.45) is 2.39. The fraction of sp³-hybridized carbons (Fsp3) is 0.571. The van der Waals surface area contributed by atoms with Crippen LogP contribution in [0.3, 0.4) is 0 Å². The van der Waals surface area contributed by atoms with Crippen LogP contribution in [0, 0.1) is 13.8 Å². The van der Waals surface area contributed by atoms with Crippen LogP contribution in [0.15, 0.2) is 10.5 Å². The number of benzene rings is 1. The van der Waals surface area contributed by atoms with E-state index in [0.717, 1.165) is 12.3 Å². The van der Waals surface area contributed by atoms with Gasteiger partial charge in [-0.05, 0) is 57.4 Å². The average Bonchev–Trinajstić information content (AvgIpc) is 2.71. The molecule has 1 aromatic rings. The van der Waals surface area contributed by atoms with Gasteiger partial charge in [0.2, 0.25) is 0 Å². The first-order chi connectivity index (χ1) is 7.99. The summed E-state index contributed by atoms with van der Waals surface area (Å²) in [4.78, 5) is 0. The van der Waals surface area contributed by atoms with Crippen LogP contribution >= 0.6 is 15.9 Å². The zero-order chi connectivity index (χ0) is 12.6. The van der Waals surface area contributed by atoms with Crippen LogP contribution < -0.4 is 10.1 Å². The average molecular weight is 298 g/mol. The Kier molecular flexibility index (Phi) is 3.50. The van der Waals surface area contributed by atoms with Gasteiger partial charge in [0.05, 0.1) is 7.11 Å². The van der Waals surface area contributed by atoms with Crippen molar-refractivity contribution in [2.24, 2.45) is 0 Å². The molecule has 3 heteroatoms. The first-order valence-corrected chi connectivity index (χ1v) is 6.88. The molecule has 1 atom stereocenters. The maximum absolute atomic E-state index is 5.63. The van der Waals surface area contributed by atoms with Crippen molar-refractivity contribution < 1.29 is 4.74 Å². The lowest BCUT2D eigenvalue weighted by molar-refractivity contribution is 0.367. The number of ether oxygens (including phenoxy) is 1. The lowest BCUT2D eigenvalue weighted by atomic mass is 9.85. The number of aryl methyl sites for hydroxylation is 1. The molecule has 2 nitrogen and oxygen atoms in total. The molecule has 1 unspecified atom stereocenters. The van der Waals surface area contributed by atoms with Gasteiger partial charge in [0.1, 0.15) is 5.75 Å². The molecule has 0 bridgehead atoms. The summed E-state index contributed by atoms with van der Waals surface area (Å²) in [5, 5.41) is 3.62. The van der Waals surface area contributed by atoms with Gasteiger partial charge in [-0.2, -0.15) is 0 Å². The summed E-state index contributed by atoms with van der Waals surface area (Å²) < 4.78 is 6.80. The van der Waals surface area contributed by atoms with E-state index in [1.807, 2.05) is 0 Å². The van der Waals surface area contributed by atoms with Crippen LogP contribution in [0.1, 0.15) is 36.5 Å². The molecule has 1 aliphatic heterocycles. The molecule has 1 saturated heterocycles. The number of halogens is 1. The third kappa shape index (κ3) is 2.11. The Hall–Kier alpha value is -0.540. The smallest absolute Gasteiger partial charge is 0.127 e. The summed E-state index contributed by atoms with van der Waals surface area (Å²) in [5.74, 6) is 1.03. The molecule has 17 heavy (non-hydrogen) atoms. The quantitative estimate of drug-likeness (QED) is 0.899. The van der Waals surface area contributed by atoms with E-state index in [-0.39, 0.29) is 5.54 Å². The van der Waals surface area contributed by atoms with Crippen LogP contribution in [-0.2, 0) is 5.54 Å². The van der Waals surface area contributed by atoms with E-state index in [1.54, 1.807) is 7.11 Å². The Bertz CT molecular complexity index is 436. The second kappa shape index (κ2) is 4.62. The van der Waals surface area contributed by atoms with Crippen molar-refractivity contribution in [3.05, 3.63) is 27.2 Å². The monoisotopic (exact) mass is 297 g/mol. The third-order valence-electron chi connectivity index (χ3n) is 3.79. The molecular formula is C14H20BrNO. The van der Waals surface area contributed by atoms with E-state index in [4.69, 9.17) is 4.74 Å². The second-order valence-corrected chi connectivity index (χ2v) is 5.93. The van der Waals surface area contributed by atoms with E-state index >= 15 is 0 Å². The normalized spacial score (nSPS) is 24.1. The summed E-state index contributed by atoms with van der Waals surface area (Å²) in [6.45, 7) is 7.62. The molecule has 0 aliphatic carbocycles. The van der Waals surface area contributed by atoms with Crippen LogP contribution in [0.5, 0.6) is 5.75 Å². The minimum absolute atomic E-state index is 0.0456. The Morgan fingerprint density at radius 3 is 2.65 bits per heavy atom. The van der Waals surface area contributed by atoms with Gasteiger partial charge in [-0.25, -0.2) is 0 Å². The second-order valence-electron chi connectivity index (χ2n) is 5.07. The molecule has 1 heterocycles. The van der Waals surface area contributed by atoms with Crippen molar-refractivity contribution in [2.75, 3.05) is 13.7 Å². The number of rotatable bonds is 2. The zero-order valence-corrected chi connectivity index (χ0v) is 12.6.